The van der Waals surface area contributed by atoms with Crippen LogP contribution in [0.2, 0.25) is 0 Å². The monoisotopic (exact) mass is 312 g/mol. The Balaban J connectivity index is 1.70. The molecular weight excluding hydrogens is 296 g/mol. The van der Waals surface area contributed by atoms with Gasteiger partial charge in [0, 0.05) is 17.1 Å². The lowest BCUT2D eigenvalue weighted by Gasteiger charge is -2.12. The molecule has 5 heteroatoms. The van der Waals surface area contributed by atoms with Gasteiger partial charge in [0.1, 0.15) is 0 Å². The summed E-state index contributed by atoms with van der Waals surface area (Å²) in [6.45, 7) is 0.621. The first-order valence-electron chi connectivity index (χ1n) is 6.09. The van der Waals surface area contributed by atoms with Crippen molar-refractivity contribution >= 4 is 21.8 Å². The third-order valence-electron chi connectivity index (χ3n) is 2.80. The molecule has 0 heterocycles. The quantitative estimate of drug-likeness (QED) is 0.743. The van der Waals surface area contributed by atoms with Crippen molar-refractivity contribution < 1.29 is 9.90 Å². The summed E-state index contributed by atoms with van der Waals surface area (Å²) < 4.78 is 0.936. The van der Waals surface area contributed by atoms with Crippen molar-refractivity contribution in [3.63, 3.8) is 0 Å². The molecule has 0 aromatic heterocycles. The van der Waals surface area contributed by atoms with E-state index < -0.39 is 6.10 Å². The first kappa shape index (κ1) is 13.5. The van der Waals surface area contributed by atoms with Gasteiger partial charge in [-0.2, -0.15) is 0 Å². The molecule has 98 valence electrons. The van der Waals surface area contributed by atoms with E-state index in [1.54, 1.807) is 0 Å². The average Bonchev–Trinajstić information content (AvgIpc) is 3.12. The summed E-state index contributed by atoms with van der Waals surface area (Å²) in [5.41, 5.74) is 0.833. The Hall–Kier alpha value is -0.910. The van der Waals surface area contributed by atoms with Crippen LogP contribution in [0.25, 0.3) is 0 Å². The number of aliphatic hydroxyl groups is 1. The largest absolute Gasteiger partial charge is 0.387 e. The predicted octanol–water partition coefficient (Wildman–Crippen LogP) is 1.35. The number of hydrogen-bond donors (Lipinski definition) is 3. The SMILES string of the molecule is O=C(CNCC(O)c1cccc(Br)c1)NC1CC1. The lowest BCUT2D eigenvalue weighted by molar-refractivity contribution is -0.120. The number of carbonyl (C=O) groups is 1. The molecule has 1 aromatic carbocycles. The minimum absolute atomic E-state index is 0.000979. The van der Waals surface area contributed by atoms with Crippen molar-refractivity contribution in [2.75, 3.05) is 13.1 Å². The van der Waals surface area contributed by atoms with Crippen molar-refractivity contribution in [1.82, 2.24) is 10.6 Å². The van der Waals surface area contributed by atoms with Crippen LogP contribution in [0.3, 0.4) is 0 Å². The number of carbonyl (C=O) groups excluding carboxylic acids is 1. The molecule has 1 saturated carbocycles. The van der Waals surface area contributed by atoms with Gasteiger partial charge in [-0.3, -0.25) is 4.79 Å². The standard InChI is InChI=1S/C13H17BrN2O2/c14-10-3-1-2-9(6-10)12(17)7-15-8-13(18)16-11-4-5-11/h1-3,6,11-12,15,17H,4-5,7-8H2,(H,16,18). The third-order valence-corrected chi connectivity index (χ3v) is 3.29. The van der Waals surface area contributed by atoms with E-state index in [1.807, 2.05) is 24.3 Å². The molecule has 0 aliphatic heterocycles. The van der Waals surface area contributed by atoms with E-state index in [-0.39, 0.29) is 12.5 Å². The zero-order valence-electron chi connectivity index (χ0n) is 10.0. The maximum atomic E-state index is 11.4. The van der Waals surface area contributed by atoms with Gasteiger partial charge in [-0.15, -0.1) is 0 Å². The smallest absolute Gasteiger partial charge is 0.234 e. The molecule has 0 saturated heterocycles. The Morgan fingerprint density at radius 2 is 2.28 bits per heavy atom. The Bertz CT molecular complexity index is 421. The Morgan fingerprint density at radius 1 is 1.50 bits per heavy atom. The molecular formula is C13H17BrN2O2. The van der Waals surface area contributed by atoms with E-state index in [0.717, 1.165) is 22.9 Å². The maximum absolute atomic E-state index is 11.4. The van der Waals surface area contributed by atoms with Gasteiger partial charge in [0.2, 0.25) is 5.91 Å². The molecule has 1 fully saturated rings. The van der Waals surface area contributed by atoms with Crippen LogP contribution in [0.1, 0.15) is 24.5 Å². The van der Waals surface area contributed by atoms with E-state index in [9.17, 15) is 9.90 Å². The topological polar surface area (TPSA) is 61.4 Å². The number of rotatable bonds is 6. The molecule has 18 heavy (non-hydrogen) atoms. The normalized spacial score (nSPS) is 16.3. The second-order valence-electron chi connectivity index (χ2n) is 4.54. The highest BCUT2D eigenvalue weighted by Gasteiger charge is 2.22. The lowest BCUT2D eigenvalue weighted by atomic mass is 10.1. The van der Waals surface area contributed by atoms with E-state index in [1.165, 1.54) is 0 Å². The number of benzene rings is 1. The molecule has 0 spiro atoms. The van der Waals surface area contributed by atoms with Crippen molar-refractivity contribution in [1.29, 1.82) is 0 Å². The molecule has 4 nitrogen and oxygen atoms in total. The summed E-state index contributed by atoms with van der Waals surface area (Å²) in [5.74, 6) is -0.000979. The first-order chi connectivity index (χ1) is 8.65. The van der Waals surface area contributed by atoms with Crippen molar-refractivity contribution in [3.05, 3.63) is 34.3 Å². The summed E-state index contributed by atoms with van der Waals surface area (Å²) in [4.78, 5) is 11.4. The highest BCUT2D eigenvalue weighted by atomic mass is 79.9. The van der Waals surface area contributed by atoms with Crippen LogP contribution in [-0.4, -0.2) is 30.1 Å². The zero-order chi connectivity index (χ0) is 13.0. The van der Waals surface area contributed by atoms with E-state index in [4.69, 9.17) is 0 Å². The number of aliphatic hydroxyl groups excluding tert-OH is 1. The second kappa shape index (κ2) is 6.31. The Labute approximate surface area is 115 Å². The zero-order valence-corrected chi connectivity index (χ0v) is 11.6. The molecule has 1 atom stereocenters. The number of amides is 1. The van der Waals surface area contributed by atoms with Gasteiger partial charge in [-0.05, 0) is 30.5 Å². The van der Waals surface area contributed by atoms with Crippen molar-refractivity contribution in [3.8, 4) is 0 Å². The maximum Gasteiger partial charge on any atom is 0.234 e. The second-order valence-corrected chi connectivity index (χ2v) is 5.46. The molecule has 1 unspecified atom stereocenters. The minimum Gasteiger partial charge on any atom is -0.387 e. The molecule has 2 rings (SSSR count). The third kappa shape index (κ3) is 4.40. The summed E-state index contributed by atoms with van der Waals surface area (Å²) in [6.07, 6.45) is 1.58. The minimum atomic E-state index is -0.601. The van der Waals surface area contributed by atoms with E-state index in [2.05, 4.69) is 26.6 Å². The number of halogens is 1. The lowest BCUT2D eigenvalue weighted by Crippen LogP contribution is -2.36. The number of nitrogens with one attached hydrogen (secondary N) is 2. The molecule has 1 aromatic rings. The van der Waals surface area contributed by atoms with Crippen LogP contribution in [0.15, 0.2) is 28.7 Å². The van der Waals surface area contributed by atoms with Crippen LogP contribution >= 0.6 is 15.9 Å². The van der Waals surface area contributed by atoms with Gasteiger partial charge in [0.15, 0.2) is 0 Å². The van der Waals surface area contributed by atoms with Crippen LogP contribution in [-0.2, 0) is 4.79 Å². The van der Waals surface area contributed by atoms with Gasteiger partial charge in [-0.25, -0.2) is 0 Å². The molecule has 1 amide bonds. The van der Waals surface area contributed by atoms with Crippen LogP contribution < -0.4 is 10.6 Å². The van der Waals surface area contributed by atoms with E-state index in [0.29, 0.717) is 12.6 Å². The fraction of sp³-hybridized carbons (Fsp3) is 0.462. The highest BCUT2D eigenvalue weighted by molar-refractivity contribution is 9.10. The van der Waals surface area contributed by atoms with Crippen molar-refractivity contribution in [2.24, 2.45) is 0 Å². The van der Waals surface area contributed by atoms with Crippen LogP contribution in [0.4, 0.5) is 0 Å². The molecule has 0 radical (unpaired) electrons. The Kier molecular flexibility index (Phi) is 4.74. The van der Waals surface area contributed by atoms with E-state index >= 15 is 0 Å². The Morgan fingerprint density at radius 3 is 2.94 bits per heavy atom. The van der Waals surface area contributed by atoms with Crippen molar-refractivity contribution in [2.45, 2.75) is 25.0 Å². The number of hydrogen-bond acceptors (Lipinski definition) is 3. The van der Waals surface area contributed by atoms with Crippen LogP contribution in [0, 0.1) is 0 Å². The average molecular weight is 313 g/mol. The highest BCUT2D eigenvalue weighted by Crippen LogP contribution is 2.18. The molecule has 1 aliphatic rings. The van der Waals surface area contributed by atoms with Gasteiger partial charge >= 0.3 is 0 Å². The van der Waals surface area contributed by atoms with Gasteiger partial charge in [-0.1, -0.05) is 28.1 Å². The summed E-state index contributed by atoms with van der Waals surface area (Å²) >= 11 is 3.36. The summed E-state index contributed by atoms with van der Waals surface area (Å²) in [7, 11) is 0. The van der Waals surface area contributed by atoms with Crippen LogP contribution in [0.5, 0.6) is 0 Å². The fourth-order valence-corrected chi connectivity index (χ4v) is 2.08. The van der Waals surface area contributed by atoms with Gasteiger partial charge < -0.3 is 15.7 Å². The molecule has 0 bridgehead atoms. The summed E-state index contributed by atoms with van der Waals surface area (Å²) in [5, 5.41) is 15.8. The van der Waals surface area contributed by atoms with Gasteiger partial charge in [0.25, 0.3) is 0 Å². The predicted molar refractivity (Wildman–Crippen MR) is 73.1 cm³/mol. The van der Waals surface area contributed by atoms with Gasteiger partial charge in [0.05, 0.1) is 12.6 Å². The fourth-order valence-electron chi connectivity index (χ4n) is 1.66. The first-order valence-corrected chi connectivity index (χ1v) is 6.88. The summed E-state index contributed by atoms with van der Waals surface area (Å²) in [6, 6.07) is 7.90. The molecule has 1 aliphatic carbocycles. The molecule has 3 N–H and O–H groups in total.